The molecule has 31 heavy (non-hydrogen) atoms. The number of piperidine rings is 1. The van der Waals surface area contributed by atoms with Crippen molar-refractivity contribution in [2.45, 2.75) is 51.0 Å². The molecule has 0 bridgehead atoms. The lowest BCUT2D eigenvalue weighted by Crippen LogP contribution is -2.48. The van der Waals surface area contributed by atoms with Crippen LogP contribution in [0.1, 0.15) is 51.0 Å². The SMILES string of the molecule is C[C@]1(c2ccc(Br)cc2)NC(=O)N(CN2CCC(C(=O)N3CCCCCC3)CC2)C1=O. The smallest absolute Gasteiger partial charge is 0.326 e. The number of amides is 4. The summed E-state index contributed by atoms with van der Waals surface area (Å²) in [5.41, 5.74) is -0.294. The van der Waals surface area contributed by atoms with Gasteiger partial charge in [0.1, 0.15) is 5.54 Å². The van der Waals surface area contributed by atoms with Crippen LogP contribution in [-0.4, -0.2) is 65.4 Å². The van der Waals surface area contributed by atoms with Gasteiger partial charge >= 0.3 is 6.03 Å². The average molecular weight is 491 g/mol. The van der Waals surface area contributed by atoms with E-state index in [1.54, 1.807) is 6.92 Å². The molecule has 1 aromatic rings. The highest BCUT2D eigenvalue weighted by Gasteiger charge is 2.49. The number of hydrogen-bond acceptors (Lipinski definition) is 4. The lowest BCUT2D eigenvalue weighted by Gasteiger charge is -2.35. The molecular formula is C23H31BrN4O3. The van der Waals surface area contributed by atoms with Crippen molar-refractivity contribution in [3.05, 3.63) is 34.3 Å². The Morgan fingerprint density at radius 1 is 1.03 bits per heavy atom. The monoisotopic (exact) mass is 490 g/mol. The Labute approximate surface area is 192 Å². The number of nitrogens with one attached hydrogen (secondary N) is 1. The number of benzene rings is 1. The van der Waals surface area contributed by atoms with Gasteiger partial charge in [-0.15, -0.1) is 0 Å². The van der Waals surface area contributed by atoms with Gasteiger partial charge in [0.15, 0.2) is 0 Å². The molecule has 1 aromatic carbocycles. The molecule has 0 aliphatic carbocycles. The van der Waals surface area contributed by atoms with Crippen LogP contribution in [0.3, 0.4) is 0 Å². The number of carbonyl (C=O) groups excluding carboxylic acids is 3. The third-order valence-corrected chi connectivity index (χ3v) is 7.42. The van der Waals surface area contributed by atoms with E-state index in [-0.39, 0.29) is 24.5 Å². The van der Waals surface area contributed by atoms with Crippen LogP contribution in [0.2, 0.25) is 0 Å². The molecule has 8 heteroatoms. The van der Waals surface area contributed by atoms with E-state index in [1.807, 2.05) is 24.3 Å². The van der Waals surface area contributed by atoms with E-state index < -0.39 is 5.54 Å². The van der Waals surface area contributed by atoms with Crippen LogP contribution in [0.5, 0.6) is 0 Å². The van der Waals surface area contributed by atoms with E-state index in [1.165, 1.54) is 17.7 Å². The number of rotatable bonds is 4. The van der Waals surface area contributed by atoms with Gasteiger partial charge < -0.3 is 10.2 Å². The van der Waals surface area contributed by atoms with E-state index in [4.69, 9.17) is 0 Å². The highest BCUT2D eigenvalue weighted by Crippen LogP contribution is 2.30. The molecule has 0 aromatic heterocycles. The molecule has 168 valence electrons. The third kappa shape index (κ3) is 4.65. The summed E-state index contributed by atoms with van der Waals surface area (Å²) < 4.78 is 0.922. The Morgan fingerprint density at radius 2 is 1.65 bits per heavy atom. The normalized spacial score (nSPS) is 26.1. The van der Waals surface area contributed by atoms with Crippen LogP contribution in [-0.2, 0) is 15.1 Å². The second-order valence-corrected chi connectivity index (χ2v) is 9.98. The number of imide groups is 1. The minimum atomic E-state index is -1.06. The molecule has 0 unspecified atom stereocenters. The van der Waals surface area contributed by atoms with Crippen molar-refractivity contribution >= 4 is 33.8 Å². The van der Waals surface area contributed by atoms with Crippen molar-refractivity contribution in [2.24, 2.45) is 5.92 Å². The Morgan fingerprint density at radius 3 is 2.26 bits per heavy atom. The number of urea groups is 1. The molecule has 4 amide bonds. The minimum Gasteiger partial charge on any atom is -0.342 e. The molecule has 0 radical (unpaired) electrons. The Kier molecular flexibility index (Phi) is 6.67. The molecule has 0 spiro atoms. The van der Waals surface area contributed by atoms with Gasteiger partial charge in [-0.2, -0.15) is 0 Å². The summed E-state index contributed by atoms with van der Waals surface area (Å²) >= 11 is 3.40. The maximum absolute atomic E-state index is 13.2. The number of nitrogens with zero attached hydrogens (tertiary/aromatic N) is 3. The van der Waals surface area contributed by atoms with Gasteiger partial charge in [0, 0.05) is 36.6 Å². The summed E-state index contributed by atoms with van der Waals surface area (Å²) in [6, 6.07) is 7.08. The zero-order valence-corrected chi connectivity index (χ0v) is 19.7. The van der Waals surface area contributed by atoms with E-state index in [2.05, 4.69) is 31.0 Å². The molecule has 3 aliphatic heterocycles. The van der Waals surface area contributed by atoms with Crippen LogP contribution in [0.25, 0.3) is 0 Å². The predicted molar refractivity (Wildman–Crippen MR) is 121 cm³/mol. The van der Waals surface area contributed by atoms with Crippen LogP contribution < -0.4 is 5.32 Å². The molecule has 3 heterocycles. The van der Waals surface area contributed by atoms with Crippen LogP contribution in [0, 0.1) is 5.92 Å². The van der Waals surface area contributed by atoms with Crippen molar-refractivity contribution in [1.82, 2.24) is 20.0 Å². The summed E-state index contributed by atoms with van der Waals surface area (Å²) in [5.74, 6) is 0.118. The summed E-state index contributed by atoms with van der Waals surface area (Å²) in [5, 5.41) is 2.87. The number of carbonyl (C=O) groups is 3. The maximum atomic E-state index is 13.2. The van der Waals surface area contributed by atoms with E-state index in [0.29, 0.717) is 5.91 Å². The predicted octanol–water partition coefficient (Wildman–Crippen LogP) is 3.29. The number of hydrogen-bond donors (Lipinski definition) is 1. The van der Waals surface area contributed by atoms with Gasteiger partial charge in [0.05, 0.1) is 6.67 Å². The van der Waals surface area contributed by atoms with Crippen LogP contribution in [0.15, 0.2) is 28.7 Å². The summed E-state index contributed by atoms with van der Waals surface area (Å²) in [4.78, 5) is 44.1. The van der Waals surface area contributed by atoms with E-state index >= 15 is 0 Å². The summed E-state index contributed by atoms with van der Waals surface area (Å²) in [6.07, 6.45) is 6.20. The largest absolute Gasteiger partial charge is 0.342 e. The zero-order valence-electron chi connectivity index (χ0n) is 18.1. The molecule has 1 atom stereocenters. The fraction of sp³-hybridized carbons (Fsp3) is 0.609. The quantitative estimate of drug-likeness (QED) is 0.657. The zero-order chi connectivity index (χ0) is 22.0. The molecule has 0 saturated carbocycles. The highest BCUT2D eigenvalue weighted by atomic mass is 79.9. The second kappa shape index (κ2) is 9.28. The number of likely N-dealkylation sites (tertiary alicyclic amines) is 2. The van der Waals surface area contributed by atoms with Gasteiger partial charge in [-0.05, 0) is 50.3 Å². The fourth-order valence-corrected chi connectivity index (χ4v) is 5.14. The molecule has 4 rings (SSSR count). The summed E-state index contributed by atoms with van der Waals surface area (Å²) in [7, 11) is 0. The molecule has 3 fully saturated rings. The molecular weight excluding hydrogens is 460 g/mol. The standard InChI is InChI=1S/C23H31BrN4O3/c1-23(18-6-8-19(24)9-7-18)21(30)28(22(31)25-23)16-26-14-10-17(11-15-26)20(29)27-12-4-2-3-5-13-27/h6-9,17H,2-5,10-16H2,1H3,(H,25,31)/t23-/m1/s1. The molecule has 7 nitrogen and oxygen atoms in total. The summed E-state index contributed by atoms with van der Waals surface area (Å²) in [6.45, 7) is 5.23. The van der Waals surface area contributed by atoms with E-state index in [9.17, 15) is 14.4 Å². The van der Waals surface area contributed by atoms with Gasteiger partial charge in [0.2, 0.25) is 5.91 Å². The van der Waals surface area contributed by atoms with Crippen molar-refractivity contribution in [1.29, 1.82) is 0 Å². The van der Waals surface area contributed by atoms with Gasteiger partial charge in [-0.3, -0.25) is 14.5 Å². The van der Waals surface area contributed by atoms with Gasteiger partial charge in [-0.1, -0.05) is 40.9 Å². The van der Waals surface area contributed by atoms with Crippen LogP contribution >= 0.6 is 15.9 Å². The first-order chi connectivity index (χ1) is 14.9. The first kappa shape index (κ1) is 22.3. The first-order valence-electron chi connectivity index (χ1n) is 11.3. The van der Waals surface area contributed by atoms with E-state index in [0.717, 1.165) is 61.9 Å². The third-order valence-electron chi connectivity index (χ3n) is 6.89. The Hall–Kier alpha value is -1.93. The average Bonchev–Trinajstić information content (AvgIpc) is 2.96. The molecule has 3 aliphatic rings. The van der Waals surface area contributed by atoms with Crippen molar-refractivity contribution in [2.75, 3.05) is 32.8 Å². The lowest BCUT2D eigenvalue weighted by molar-refractivity contribution is -0.138. The van der Waals surface area contributed by atoms with Crippen LogP contribution in [0.4, 0.5) is 4.79 Å². The number of halogens is 1. The van der Waals surface area contributed by atoms with Crippen molar-refractivity contribution in [3.63, 3.8) is 0 Å². The second-order valence-electron chi connectivity index (χ2n) is 9.07. The minimum absolute atomic E-state index is 0.0606. The van der Waals surface area contributed by atoms with Crippen molar-refractivity contribution < 1.29 is 14.4 Å². The van der Waals surface area contributed by atoms with Gasteiger partial charge in [-0.25, -0.2) is 9.69 Å². The molecule has 1 N–H and O–H groups in total. The lowest BCUT2D eigenvalue weighted by atomic mass is 9.92. The van der Waals surface area contributed by atoms with Crippen molar-refractivity contribution in [3.8, 4) is 0 Å². The maximum Gasteiger partial charge on any atom is 0.326 e. The Bertz CT molecular complexity index is 830. The first-order valence-corrected chi connectivity index (χ1v) is 12.1. The van der Waals surface area contributed by atoms with Gasteiger partial charge in [0.25, 0.3) is 5.91 Å². The molecule has 3 saturated heterocycles. The fourth-order valence-electron chi connectivity index (χ4n) is 4.87. The Balaban J connectivity index is 1.34. The topological polar surface area (TPSA) is 73.0 Å². The highest BCUT2D eigenvalue weighted by molar-refractivity contribution is 9.10.